The van der Waals surface area contributed by atoms with E-state index in [1.807, 2.05) is 0 Å². The minimum Gasteiger partial charge on any atom is -0.426 e. The molecule has 2 aromatic heterocycles. The number of benzene rings is 2. The second kappa shape index (κ2) is 8.71. The van der Waals surface area contributed by atoms with Crippen LogP contribution in [0.15, 0.2) is 66.9 Å². The maximum atomic E-state index is 12.2. The average molecular weight is 443 g/mol. The zero-order chi connectivity index (χ0) is 23.5. The third-order valence-electron chi connectivity index (χ3n) is 4.81. The highest BCUT2D eigenvalue weighted by molar-refractivity contribution is 6.02. The highest BCUT2D eigenvalue weighted by atomic mass is 16.6. The fourth-order valence-corrected chi connectivity index (χ4v) is 3.12. The van der Waals surface area contributed by atoms with Gasteiger partial charge in [0.15, 0.2) is 11.6 Å². The molecule has 0 aliphatic heterocycles. The molecule has 4 rings (SSSR count). The highest BCUT2D eigenvalue weighted by Gasteiger charge is 2.15. The molecule has 2 heterocycles. The molecule has 0 unspecified atom stereocenters. The quantitative estimate of drug-likeness (QED) is 0.150. The van der Waals surface area contributed by atoms with Crippen LogP contribution in [0.25, 0.3) is 28.5 Å². The number of rotatable bonds is 6. The van der Waals surface area contributed by atoms with Gasteiger partial charge in [-0.3, -0.25) is 24.7 Å². The normalized spacial score (nSPS) is 11.1. The Kier molecular flexibility index (Phi) is 5.64. The number of nitrogens with one attached hydrogen (secondary N) is 1. The molecule has 0 aliphatic rings. The first-order valence-corrected chi connectivity index (χ1v) is 9.74. The fourth-order valence-electron chi connectivity index (χ4n) is 3.12. The summed E-state index contributed by atoms with van der Waals surface area (Å²) in [7, 11) is 0. The highest BCUT2D eigenvalue weighted by Crippen LogP contribution is 2.27. The molecule has 0 saturated carbocycles. The summed E-state index contributed by atoms with van der Waals surface area (Å²) < 4.78 is 0.796. The Labute approximate surface area is 186 Å². The van der Waals surface area contributed by atoms with Crippen molar-refractivity contribution in [2.24, 2.45) is 0 Å². The first-order valence-electron chi connectivity index (χ1n) is 9.74. The summed E-state index contributed by atoms with van der Waals surface area (Å²) in [5, 5.41) is 24.1. The van der Waals surface area contributed by atoms with Crippen molar-refractivity contribution in [3.05, 3.63) is 88.2 Å². The zero-order valence-electron chi connectivity index (χ0n) is 17.3. The lowest BCUT2D eigenvalue weighted by Crippen LogP contribution is -2.07. The molecule has 0 saturated heterocycles. The third kappa shape index (κ3) is 4.59. The van der Waals surface area contributed by atoms with Crippen LogP contribution < -0.4 is 5.32 Å². The summed E-state index contributed by atoms with van der Waals surface area (Å²) in [4.78, 5) is 42.2. The smallest absolute Gasteiger partial charge is 0.271 e. The molecule has 4 aromatic rings. The maximum absolute atomic E-state index is 12.2. The summed E-state index contributed by atoms with van der Waals surface area (Å²) in [5.41, 5.74) is 2.58. The number of hydrogen-bond donors (Lipinski definition) is 2. The lowest BCUT2D eigenvalue weighted by Gasteiger charge is -2.05. The van der Waals surface area contributed by atoms with Crippen molar-refractivity contribution in [3.63, 3.8) is 0 Å². The molecule has 1 amide bonds. The predicted octanol–water partition coefficient (Wildman–Crippen LogP) is 4.10. The van der Waals surface area contributed by atoms with Crippen molar-refractivity contribution >= 4 is 40.2 Å². The zero-order valence-corrected chi connectivity index (χ0v) is 17.3. The molecule has 33 heavy (non-hydrogen) atoms. The number of hydrogen-bond acceptors (Lipinski definition) is 7. The van der Waals surface area contributed by atoms with E-state index in [1.54, 1.807) is 42.5 Å². The van der Waals surface area contributed by atoms with Crippen molar-refractivity contribution in [2.75, 3.05) is 5.32 Å². The Hall–Kier alpha value is -4.86. The van der Waals surface area contributed by atoms with E-state index in [-0.39, 0.29) is 28.7 Å². The van der Waals surface area contributed by atoms with Gasteiger partial charge in [-0.2, -0.15) is 4.73 Å². The molecular weight excluding hydrogens is 426 g/mol. The van der Waals surface area contributed by atoms with Gasteiger partial charge in [-0.25, -0.2) is 4.98 Å². The lowest BCUT2D eigenvalue weighted by atomic mass is 10.2. The second-order valence-electron chi connectivity index (χ2n) is 7.11. The van der Waals surface area contributed by atoms with Gasteiger partial charge in [0, 0.05) is 42.6 Å². The Balaban J connectivity index is 1.47. The van der Waals surface area contributed by atoms with E-state index < -0.39 is 4.92 Å². The van der Waals surface area contributed by atoms with E-state index in [0.717, 1.165) is 4.73 Å². The van der Waals surface area contributed by atoms with Crippen LogP contribution in [0.4, 0.5) is 11.4 Å². The number of ketones is 1. The topological polar surface area (TPSA) is 140 Å². The van der Waals surface area contributed by atoms with Gasteiger partial charge in [-0.05, 0) is 48.0 Å². The van der Waals surface area contributed by atoms with Crippen molar-refractivity contribution in [1.82, 2.24) is 14.7 Å². The van der Waals surface area contributed by atoms with Crippen LogP contribution in [0.2, 0.25) is 0 Å². The number of nitro benzene ring substituents is 1. The van der Waals surface area contributed by atoms with Gasteiger partial charge in [-0.1, -0.05) is 6.07 Å². The third-order valence-corrected chi connectivity index (χ3v) is 4.81. The van der Waals surface area contributed by atoms with E-state index in [1.165, 1.54) is 37.4 Å². The van der Waals surface area contributed by atoms with Crippen LogP contribution in [0, 0.1) is 10.1 Å². The number of amides is 1. The largest absolute Gasteiger partial charge is 0.426 e. The number of Topliss-reactive ketones (excluding diaryl/α,β-unsaturated/α-hetero) is 1. The lowest BCUT2D eigenvalue weighted by molar-refractivity contribution is -0.384. The van der Waals surface area contributed by atoms with Gasteiger partial charge < -0.3 is 10.5 Å². The first-order chi connectivity index (χ1) is 15.8. The Morgan fingerprint density at radius 1 is 1.12 bits per heavy atom. The monoisotopic (exact) mass is 443 g/mol. The van der Waals surface area contributed by atoms with Crippen molar-refractivity contribution < 1.29 is 19.7 Å². The molecule has 10 heteroatoms. The van der Waals surface area contributed by atoms with E-state index in [2.05, 4.69) is 15.3 Å². The standard InChI is InChI=1S/C23H17N5O5/c1-14(29)19-9-2-15(13-24-19)3-11-22(30)25-17-6-4-16(5-7-17)23-26-20-10-8-18(28(32)33)12-21(20)27(23)31/h2-13,31H,1H3,(H,25,30)/b11-3+. The number of non-ortho nitro benzene ring substituents is 1. The molecular formula is C23H17N5O5. The number of anilines is 1. The summed E-state index contributed by atoms with van der Waals surface area (Å²) >= 11 is 0. The summed E-state index contributed by atoms with van der Waals surface area (Å²) in [6.45, 7) is 1.43. The van der Waals surface area contributed by atoms with Gasteiger partial charge in [0.25, 0.3) is 5.69 Å². The van der Waals surface area contributed by atoms with E-state index in [0.29, 0.717) is 28.0 Å². The molecule has 2 aromatic carbocycles. The Morgan fingerprint density at radius 3 is 2.52 bits per heavy atom. The van der Waals surface area contributed by atoms with Gasteiger partial charge in [-0.15, -0.1) is 0 Å². The van der Waals surface area contributed by atoms with Crippen molar-refractivity contribution in [2.45, 2.75) is 6.92 Å². The van der Waals surface area contributed by atoms with Gasteiger partial charge >= 0.3 is 0 Å². The van der Waals surface area contributed by atoms with Crippen LogP contribution >= 0.6 is 0 Å². The van der Waals surface area contributed by atoms with Crippen molar-refractivity contribution in [1.29, 1.82) is 0 Å². The SMILES string of the molecule is CC(=O)c1ccc(/C=C/C(=O)Nc2ccc(-c3nc4ccc([N+](=O)[O-])cc4n3O)cc2)cn1. The molecule has 0 spiro atoms. The van der Waals surface area contributed by atoms with Crippen LogP contribution in [0.5, 0.6) is 0 Å². The van der Waals surface area contributed by atoms with E-state index >= 15 is 0 Å². The van der Waals surface area contributed by atoms with Crippen molar-refractivity contribution in [3.8, 4) is 11.4 Å². The number of carbonyl (C=O) groups is 2. The molecule has 0 atom stereocenters. The molecule has 10 nitrogen and oxygen atoms in total. The molecule has 0 aliphatic carbocycles. The Bertz CT molecular complexity index is 1410. The predicted molar refractivity (Wildman–Crippen MR) is 121 cm³/mol. The summed E-state index contributed by atoms with van der Waals surface area (Å²) in [6.07, 6.45) is 4.43. The van der Waals surface area contributed by atoms with E-state index in [4.69, 9.17) is 0 Å². The van der Waals surface area contributed by atoms with Gasteiger partial charge in [0.05, 0.1) is 10.4 Å². The average Bonchev–Trinajstić information content (AvgIpc) is 3.14. The second-order valence-corrected chi connectivity index (χ2v) is 7.11. The van der Waals surface area contributed by atoms with E-state index in [9.17, 15) is 24.9 Å². The molecule has 0 fully saturated rings. The molecule has 0 radical (unpaired) electrons. The minimum atomic E-state index is -0.546. The van der Waals surface area contributed by atoms with Crippen LogP contribution in [0.1, 0.15) is 23.0 Å². The van der Waals surface area contributed by atoms with Gasteiger partial charge in [0.1, 0.15) is 11.2 Å². The number of imidazole rings is 1. The number of pyridine rings is 1. The molecule has 164 valence electrons. The minimum absolute atomic E-state index is 0.134. The maximum Gasteiger partial charge on any atom is 0.271 e. The summed E-state index contributed by atoms with van der Waals surface area (Å²) in [5.74, 6) is -0.283. The first kappa shape index (κ1) is 21.4. The molecule has 2 N–H and O–H groups in total. The number of fused-ring (bicyclic) bond motifs is 1. The number of nitrogens with zero attached hydrogens (tertiary/aromatic N) is 4. The number of nitro groups is 1. The number of carbonyl (C=O) groups excluding carboxylic acids is 2. The van der Waals surface area contributed by atoms with Crippen LogP contribution in [-0.4, -0.2) is 36.5 Å². The molecule has 0 bridgehead atoms. The Morgan fingerprint density at radius 2 is 1.88 bits per heavy atom. The fraction of sp³-hybridized carbons (Fsp3) is 0.0435. The number of aromatic nitrogens is 3. The van der Waals surface area contributed by atoms with Crippen LogP contribution in [0.3, 0.4) is 0 Å². The van der Waals surface area contributed by atoms with Crippen LogP contribution in [-0.2, 0) is 4.79 Å². The summed E-state index contributed by atoms with van der Waals surface area (Å²) in [6, 6.07) is 13.9. The van der Waals surface area contributed by atoms with Gasteiger partial charge in [0.2, 0.25) is 5.91 Å².